The smallest absolute Gasteiger partial charge is 0.303 e. The Morgan fingerprint density at radius 1 is 1.53 bits per heavy atom. The largest absolute Gasteiger partial charge is 0.481 e. The number of halogens is 2. The Labute approximate surface area is 86.5 Å². The first-order valence-corrected chi connectivity index (χ1v) is 4.61. The normalized spacial score (nSPS) is 12.5. The number of alkyl halides is 1. The van der Waals surface area contributed by atoms with E-state index in [4.69, 9.17) is 5.11 Å². The Kier molecular flexibility index (Phi) is 3.77. The van der Waals surface area contributed by atoms with Crippen LogP contribution in [0, 0.1) is 5.82 Å². The summed E-state index contributed by atoms with van der Waals surface area (Å²) in [4.78, 5) is 10.5. The van der Waals surface area contributed by atoms with Gasteiger partial charge in [-0.05, 0) is 17.5 Å². The molecular formula is C11H12F2O2. The number of carboxylic acids is 1. The number of hydrogen-bond donors (Lipinski definition) is 1. The first-order valence-electron chi connectivity index (χ1n) is 4.61. The second kappa shape index (κ2) is 4.87. The summed E-state index contributed by atoms with van der Waals surface area (Å²) < 4.78 is 25.7. The fraction of sp³-hybridized carbons (Fsp3) is 0.364. The molecule has 0 fully saturated rings. The molecule has 1 aromatic rings. The molecule has 0 saturated carbocycles. The molecule has 0 bridgehead atoms. The van der Waals surface area contributed by atoms with Gasteiger partial charge in [-0.25, -0.2) is 8.78 Å². The van der Waals surface area contributed by atoms with Crippen LogP contribution in [0.15, 0.2) is 18.2 Å². The molecule has 0 heterocycles. The number of carboxylic acid groups (broad SMARTS) is 1. The lowest BCUT2D eigenvalue weighted by atomic mass is 9.93. The second-order valence-electron chi connectivity index (χ2n) is 3.44. The van der Waals surface area contributed by atoms with Crippen molar-refractivity contribution in [3.63, 3.8) is 0 Å². The highest BCUT2D eigenvalue weighted by Gasteiger charge is 2.16. The Bertz CT molecular complexity index is 364. The van der Waals surface area contributed by atoms with E-state index in [0.717, 1.165) is 0 Å². The minimum absolute atomic E-state index is 0.0359. The van der Waals surface area contributed by atoms with Gasteiger partial charge in [0.1, 0.15) is 12.5 Å². The summed E-state index contributed by atoms with van der Waals surface area (Å²) >= 11 is 0. The summed E-state index contributed by atoms with van der Waals surface area (Å²) in [6.07, 6.45) is -0.129. The molecule has 15 heavy (non-hydrogen) atoms. The molecule has 0 aliphatic heterocycles. The maximum atomic E-state index is 13.2. The number of hydrogen-bond acceptors (Lipinski definition) is 1. The lowest BCUT2D eigenvalue weighted by Gasteiger charge is -2.13. The van der Waals surface area contributed by atoms with Gasteiger partial charge in [-0.15, -0.1) is 0 Å². The van der Waals surface area contributed by atoms with Gasteiger partial charge in [0.05, 0.1) is 6.42 Å². The highest BCUT2D eigenvalue weighted by Crippen LogP contribution is 2.25. The monoisotopic (exact) mass is 214 g/mol. The van der Waals surface area contributed by atoms with Gasteiger partial charge < -0.3 is 5.11 Å². The van der Waals surface area contributed by atoms with Gasteiger partial charge in [-0.3, -0.25) is 4.79 Å². The van der Waals surface area contributed by atoms with Crippen LogP contribution >= 0.6 is 0 Å². The Hall–Kier alpha value is -1.45. The maximum absolute atomic E-state index is 13.2. The minimum atomic E-state index is -0.975. The topological polar surface area (TPSA) is 37.3 Å². The Morgan fingerprint density at radius 2 is 2.20 bits per heavy atom. The Morgan fingerprint density at radius 3 is 2.73 bits per heavy atom. The van der Waals surface area contributed by atoms with Crippen LogP contribution in [0.4, 0.5) is 8.78 Å². The zero-order valence-electron chi connectivity index (χ0n) is 8.34. The summed E-state index contributed by atoms with van der Waals surface area (Å²) in [5.74, 6) is -1.98. The molecule has 1 rings (SSSR count). The molecule has 0 aliphatic carbocycles. The Balaban J connectivity index is 3.02. The summed E-state index contributed by atoms with van der Waals surface area (Å²) in [5.41, 5.74) is 0.395. The standard InChI is InChI=1S/C11H12F2O2/c1-7(5-11(14)15)8-3-2-4-10(13)9(8)6-12/h2-4,7H,5-6H2,1H3,(H,14,15). The van der Waals surface area contributed by atoms with Gasteiger partial charge >= 0.3 is 5.97 Å². The molecule has 0 amide bonds. The van der Waals surface area contributed by atoms with Gasteiger partial charge in [-0.1, -0.05) is 19.1 Å². The van der Waals surface area contributed by atoms with E-state index in [0.29, 0.717) is 5.56 Å². The lowest BCUT2D eigenvalue weighted by Crippen LogP contribution is -2.06. The molecule has 0 aromatic heterocycles. The zero-order valence-corrected chi connectivity index (χ0v) is 8.34. The molecular weight excluding hydrogens is 202 g/mol. The van der Waals surface area contributed by atoms with Crippen molar-refractivity contribution in [2.45, 2.75) is 25.9 Å². The third-order valence-electron chi connectivity index (χ3n) is 2.30. The predicted octanol–water partition coefficient (Wildman–Crippen LogP) is 2.87. The molecule has 1 N–H and O–H groups in total. The molecule has 1 atom stereocenters. The van der Waals surface area contributed by atoms with Crippen LogP contribution in [0.2, 0.25) is 0 Å². The van der Waals surface area contributed by atoms with Gasteiger partial charge in [0.15, 0.2) is 0 Å². The van der Waals surface area contributed by atoms with E-state index in [1.54, 1.807) is 13.0 Å². The molecule has 1 aromatic carbocycles. The van der Waals surface area contributed by atoms with E-state index in [1.165, 1.54) is 12.1 Å². The van der Waals surface area contributed by atoms with Crippen molar-refractivity contribution in [2.75, 3.05) is 0 Å². The van der Waals surface area contributed by atoms with Crippen LogP contribution < -0.4 is 0 Å². The van der Waals surface area contributed by atoms with Crippen LogP contribution in [0.3, 0.4) is 0 Å². The first kappa shape index (κ1) is 11.6. The van der Waals surface area contributed by atoms with Crippen molar-refractivity contribution in [1.82, 2.24) is 0 Å². The van der Waals surface area contributed by atoms with Gasteiger partial charge in [0.2, 0.25) is 0 Å². The van der Waals surface area contributed by atoms with Crippen molar-refractivity contribution >= 4 is 5.97 Å². The summed E-state index contributed by atoms with van der Waals surface area (Å²) in [7, 11) is 0. The number of rotatable bonds is 4. The molecule has 0 spiro atoms. The highest BCUT2D eigenvalue weighted by atomic mass is 19.1. The van der Waals surface area contributed by atoms with E-state index >= 15 is 0 Å². The molecule has 0 radical (unpaired) electrons. The fourth-order valence-corrected chi connectivity index (χ4v) is 1.55. The summed E-state index contributed by atoms with van der Waals surface area (Å²) in [6.45, 7) is 0.730. The van der Waals surface area contributed by atoms with E-state index in [1.807, 2.05) is 0 Å². The van der Waals surface area contributed by atoms with Crippen LogP contribution in [0.25, 0.3) is 0 Å². The van der Waals surface area contributed by atoms with Crippen molar-refractivity contribution in [2.24, 2.45) is 0 Å². The minimum Gasteiger partial charge on any atom is -0.481 e. The van der Waals surface area contributed by atoms with Gasteiger partial charge in [0.25, 0.3) is 0 Å². The molecule has 0 saturated heterocycles. The third-order valence-corrected chi connectivity index (χ3v) is 2.30. The van der Waals surface area contributed by atoms with Crippen molar-refractivity contribution in [3.8, 4) is 0 Å². The van der Waals surface area contributed by atoms with Crippen LogP contribution in [0.5, 0.6) is 0 Å². The van der Waals surface area contributed by atoms with Crippen LogP contribution in [-0.4, -0.2) is 11.1 Å². The maximum Gasteiger partial charge on any atom is 0.303 e. The molecule has 2 nitrogen and oxygen atoms in total. The third kappa shape index (κ3) is 2.75. The highest BCUT2D eigenvalue weighted by molar-refractivity contribution is 5.68. The van der Waals surface area contributed by atoms with E-state index in [-0.39, 0.29) is 17.9 Å². The van der Waals surface area contributed by atoms with Crippen molar-refractivity contribution < 1.29 is 18.7 Å². The second-order valence-corrected chi connectivity index (χ2v) is 3.44. The van der Waals surface area contributed by atoms with Gasteiger partial charge in [-0.2, -0.15) is 0 Å². The molecule has 4 heteroatoms. The van der Waals surface area contributed by atoms with Crippen molar-refractivity contribution in [1.29, 1.82) is 0 Å². The average Bonchev–Trinajstić information content (AvgIpc) is 2.16. The quantitative estimate of drug-likeness (QED) is 0.836. The summed E-state index contributed by atoms with van der Waals surface area (Å²) in [5, 5.41) is 8.59. The lowest BCUT2D eigenvalue weighted by molar-refractivity contribution is -0.137. The van der Waals surface area contributed by atoms with Gasteiger partial charge in [0, 0.05) is 5.56 Å². The van der Waals surface area contributed by atoms with E-state index < -0.39 is 18.5 Å². The average molecular weight is 214 g/mol. The molecule has 1 unspecified atom stereocenters. The molecule has 82 valence electrons. The van der Waals surface area contributed by atoms with Crippen molar-refractivity contribution in [3.05, 3.63) is 35.1 Å². The predicted molar refractivity (Wildman–Crippen MR) is 51.9 cm³/mol. The van der Waals surface area contributed by atoms with E-state index in [9.17, 15) is 13.6 Å². The number of aliphatic carboxylic acids is 1. The van der Waals surface area contributed by atoms with Crippen LogP contribution in [-0.2, 0) is 11.5 Å². The number of benzene rings is 1. The van der Waals surface area contributed by atoms with E-state index in [2.05, 4.69) is 0 Å². The SMILES string of the molecule is CC(CC(=O)O)c1cccc(F)c1CF. The zero-order chi connectivity index (χ0) is 11.4. The van der Waals surface area contributed by atoms with Crippen LogP contribution in [0.1, 0.15) is 30.4 Å². The number of carbonyl (C=O) groups is 1. The fourth-order valence-electron chi connectivity index (χ4n) is 1.55. The first-order chi connectivity index (χ1) is 7.06. The molecule has 0 aliphatic rings. The summed E-state index contributed by atoms with van der Waals surface area (Å²) in [6, 6.07) is 4.19.